The van der Waals surface area contributed by atoms with Gasteiger partial charge in [0.25, 0.3) is 5.56 Å². The lowest BCUT2D eigenvalue weighted by Crippen LogP contribution is -2.24. The summed E-state index contributed by atoms with van der Waals surface area (Å²) in [5.74, 6) is -1.53. The number of benzene rings is 3. The minimum atomic E-state index is -3.37. The molecule has 5 aromatic rings. The van der Waals surface area contributed by atoms with Gasteiger partial charge in [0.05, 0.1) is 16.8 Å². The van der Waals surface area contributed by atoms with Crippen LogP contribution in [0.4, 0.5) is 4.39 Å². The van der Waals surface area contributed by atoms with Crippen molar-refractivity contribution in [2.24, 2.45) is 0 Å². The third kappa shape index (κ3) is 4.40. The first-order valence-corrected chi connectivity index (χ1v) is 13.2. The summed E-state index contributed by atoms with van der Waals surface area (Å²) in [6.45, 7) is 1.49. The molecule has 0 spiro atoms. The molecule has 5 rings (SSSR count). The van der Waals surface area contributed by atoms with Gasteiger partial charge in [0, 0.05) is 33.8 Å². The first kappa shape index (κ1) is 24.4. The lowest BCUT2D eigenvalue weighted by Gasteiger charge is -2.12. The molecule has 0 unspecified atom stereocenters. The maximum atomic E-state index is 14.4. The van der Waals surface area contributed by atoms with E-state index >= 15 is 0 Å². The van der Waals surface area contributed by atoms with Crippen LogP contribution in [-0.4, -0.2) is 40.1 Å². The van der Waals surface area contributed by atoms with Crippen LogP contribution in [0.1, 0.15) is 11.3 Å². The molecule has 37 heavy (non-hydrogen) atoms. The summed E-state index contributed by atoms with van der Waals surface area (Å²) in [6, 6.07) is 17.3. The van der Waals surface area contributed by atoms with E-state index in [4.69, 9.17) is 0 Å². The Kier molecular flexibility index (Phi) is 5.91. The minimum absolute atomic E-state index is 0.0713. The Morgan fingerprint density at radius 1 is 1.00 bits per heavy atom. The van der Waals surface area contributed by atoms with E-state index in [0.29, 0.717) is 44.2 Å². The maximum absolute atomic E-state index is 14.4. The second-order valence-corrected chi connectivity index (χ2v) is 10.9. The average molecular weight is 520 g/mol. The summed E-state index contributed by atoms with van der Waals surface area (Å²) in [7, 11) is -3.37. The van der Waals surface area contributed by atoms with Gasteiger partial charge < -0.3 is 9.67 Å². The Hall–Kier alpha value is -4.31. The number of hydrogen-bond donors (Lipinski definition) is 1. The predicted molar refractivity (Wildman–Crippen MR) is 138 cm³/mol. The molecule has 2 heterocycles. The molecule has 0 atom stereocenters. The predicted octanol–water partition coefficient (Wildman–Crippen LogP) is 4.00. The van der Waals surface area contributed by atoms with Crippen LogP contribution in [0.15, 0.2) is 76.4 Å². The van der Waals surface area contributed by atoms with Crippen LogP contribution >= 0.6 is 0 Å². The van der Waals surface area contributed by atoms with E-state index < -0.39 is 21.6 Å². The van der Waals surface area contributed by atoms with Gasteiger partial charge in [-0.25, -0.2) is 17.5 Å². The van der Waals surface area contributed by atoms with E-state index in [1.54, 1.807) is 47.9 Å². The Balaban J connectivity index is 1.76. The number of aliphatic carboxylic acids is 1. The highest BCUT2D eigenvalue weighted by molar-refractivity contribution is 7.90. The highest BCUT2D eigenvalue weighted by atomic mass is 32.2. The fourth-order valence-electron chi connectivity index (χ4n) is 4.63. The van der Waals surface area contributed by atoms with E-state index in [2.05, 4.69) is 5.10 Å². The Morgan fingerprint density at radius 3 is 2.32 bits per heavy atom. The highest BCUT2D eigenvalue weighted by Crippen LogP contribution is 2.37. The largest absolute Gasteiger partial charge is 0.480 e. The topological polar surface area (TPSA) is 111 Å². The van der Waals surface area contributed by atoms with E-state index in [0.717, 1.165) is 6.26 Å². The number of sulfone groups is 1. The molecule has 0 aliphatic rings. The van der Waals surface area contributed by atoms with Crippen molar-refractivity contribution in [2.45, 2.75) is 24.9 Å². The Morgan fingerprint density at radius 2 is 1.68 bits per heavy atom. The smallest absolute Gasteiger partial charge is 0.323 e. The summed E-state index contributed by atoms with van der Waals surface area (Å²) in [5, 5.41) is 15.6. The van der Waals surface area contributed by atoms with Gasteiger partial charge in [-0.3, -0.25) is 9.59 Å². The van der Waals surface area contributed by atoms with Crippen LogP contribution in [0.3, 0.4) is 0 Å². The summed E-state index contributed by atoms with van der Waals surface area (Å²) < 4.78 is 40.8. The number of carboxylic acid groups (broad SMARTS) is 1. The number of rotatable bonds is 6. The van der Waals surface area contributed by atoms with E-state index in [1.165, 1.54) is 35.0 Å². The maximum Gasteiger partial charge on any atom is 0.323 e. The van der Waals surface area contributed by atoms with Gasteiger partial charge in [0.1, 0.15) is 18.1 Å². The molecule has 188 valence electrons. The molecule has 0 radical (unpaired) electrons. The minimum Gasteiger partial charge on any atom is -0.480 e. The molecular formula is C27H22FN3O5S. The van der Waals surface area contributed by atoms with Gasteiger partial charge in [0.15, 0.2) is 9.84 Å². The van der Waals surface area contributed by atoms with Crippen molar-refractivity contribution >= 4 is 37.5 Å². The molecule has 0 saturated carbocycles. The average Bonchev–Trinajstić information content (AvgIpc) is 3.10. The van der Waals surface area contributed by atoms with E-state index in [-0.39, 0.29) is 23.5 Å². The summed E-state index contributed by atoms with van der Waals surface area (Å²) in [6.07, 6.45) is 1.12. The molecule has 8 nitrogen and oxygen atoms in total. The number of nitrogens with zero attached hydrogens (tertiary/aromatic N) is 3. The van der Waals surface area contributed by atoms with Crippen LogP contribution in [-0.2, 0) is 27.7 Å². The van der Waals surface area contributed by atoms with Crippen molar-refractivity contribution in [2.75, 3.05) is 6.26 Å². The molecule has 2 aromatic heterocycles. The summed E-state index contributed by atoms with van der Waals surface area (Å²) >= 11 is 0. The molecule has 1 N–H and O–H groups in total. The number of hydrogen-bond acceptors (Lipinski definition) is 5. The molecule has 3 aromatic carbocycles. The van der Waals surface area contributed by atoms with Gasteiger partial charge in [0.2, 0.25) is 0 Å². The molecule has 10 heteroatoms. The number of halogens is 1. The lowest BCUT2D eigenvalue weighted by atomic mass is 10.0. The van der Waals surface area contributed by atoms with Gasteiger partial charge in [-0.1, -0.05) is 30.3 Å². The normalized spacial score (nSPS) is 11.9. The molecule has 0 saturated heterocycles. The van der Waals surface area contributed by atoms with Crippen LogP contribution < -0.4 is 5.56 Å². The molecule has 0 amide bonds. The van der Waals surface area contributed by atoms with E-state index in [1.807, 2.05) is 0 Å². The fourth-order valence-corrected chi connectivity index (χ4v) is 5.26. The van der Waals surface area contributed by atoms with Crippen LogP contribution in [0.25, 0.3) is 32.9 Å². The van der Waals surface area contributed by atoms with Gasteiger partial charge in [-0.05, 0) is 48.9 Å². The number of carboxylic acids is 1. The first-order valence-electron chi connectivity index (χ1n) is 11.3. The van der Waals surface area contributed by atoms with Crippen molar-refractivity contribution in [1.82, 2.24) is 14.3 Å². The molecular weight excluding hydrogens is 497 g/mol. The molecule has 0 aliphatic carbocycles. The molecule has 0 bridgehead atoms. The zero-order valence-electron chi connectivity index (χ0n) is 20.0. The Bertz CT molecular complexity index is 1870. The number of fused-ring (bicyclic) bond motifs is 2. The third-order valence-corrected chi connectivity index (χ3v) is 7.50. The second-order valence-electron chi connectivity index (χ2n) is 8.87. The monoisotopic (exact) mass is 519 g/mol. The fraction of sp³-hybridized carbons (Fsp3) is 0.148. The Labute approximate surface area is 211 Å². The van der Waals surface area contributed by atoms with Crippen LogP contribution in [0, 0.1) is 12.7 Å². The van der Waals surface area contributed by atoms with Gasteiger partial charge in [-0.15, -0.1) is 0 Å². The van der Waals surface area contributed by atoms with Crippen molar-refractivity contribution < 1.29 is 22.7 Å². The molecule has 0 fully saturated rings. The first-order chi connectivity index (χ1) is 17.5. The lowest BCUT2D eigenvalue weighted by molar-refractivity contribution is -0.137. The van der Waals surface area contributed by atoms with Crippen molar-refractivity contribution in [3.05, 3.63) is 94.2 Å². The molecule has 0 aliphatic heterocycles. The summed E-state index contributed by atoms with van der Waals surface area (Å²) in [5.41, 5.74) is 2.39. The van der Waals surface area contributed by atoms with Gasteiger partial charge >= 0.3 is 5.97 Å². The highest BCUT2D eigenvalue weighted by Gasteiger charge is 2.22. The quantitative estimate of drug-likeness (QED) is 0.363. The zero-order valence-corrected chi connectivity index (χ0v) is 20.8. The van der Waals surface area contributed by atoms with Crippen molar-refractivity contribution in [1.29, 1.82) is 0 Å². The number of carbonyl (C=O) groups is 1. The standard InChI is InChI=1S/C27H22FN3O5S/c1-16-25(22-13-18(28)9-12-23(22)30(16)15-24(32)33)26-20-5-3-4-6-21(20)27(34)31(29-26)14-17-7-10-19(11-8-17)37(2,35)36/h3-13H,14-15H2,1-2H3,(H,32,33). The van der Waals surface area contributed by atoms with Crippen molar-refractivity contribution in [3.8, 4) is 11.3 Å². The summed E-state index contributed by atoms with van der Waals surface area (Å²) in [4.78, 5) is 25.1. The zero-order chi connectivity index (χ0) is 26.5. The van der Waals surface area contributed by atoms with Crippen LogP contribution in [0.2, 0.25) is 0 Å². The number of aromatic nitrogens is 3. The van der Waals surface area contributed by atoms with Gasteiger partial charge in [-0.2, -0.15) is 5.10 Å². The van der Waals surface area contributed by atoms with Crippen LogP contribution in [0.5, 0.6) is 0 Å². The van der Waals surface area contributed by atoms with Crippen molar-refractivity contribution in [3.63, 3.8) is 0 Å². The van der Waals surface area contributed by atoms with E-state index in [9.17, 15) is 27.5 Å². The SMILES string of the molecule is Cc1c(-c2nn(Cc3ccc(S(C)(=O)=O)cc3)c(=O)c3ccccc23)c2cc(F)ccc2n1CC(=O)O. The third-order valence-electron chi connectivity index (χ3n) is 6.37. The second kappa shape index (κ2) is 8.97.